The summed E-state index contributed by atoms with van der Waals surface area (Å²) in [7, 11) is 0. The van der Waals surface area contributed by atoms with E-state index < -0.39 is 0 Å². The highest BCUT2D eigenvalue weighted by Gasteiger charge is 2.11. The van der Waals surface area contributed by atoms with Gasteiger partial charge in [-0.05, 0) is 29.3 Å². The maximum absolute atomic E-state index is 9.93. The molecule has 74 valence electrons. The van der Waals surface area contributed by atoms with Gasteiger partial charge in [-0.2, -0.15) is 0 Å². The molecule has 14 heavy (non-hydrogen) atoms. The Morgan fingerprint density at radius 2 is 2.29 bits per heavy atom. The van der Waals surface area contributed by atoms with Gasteiger partial charge in [-0.15, -0.1) is 23.1 Å². The second kappa shape index (κ2) is 3.81. The first-order chi connectivity index (χ1) is 6.77. The first kappa shape index (κ1) is 9.83. The molecule has 1 aromatic heterocycles. The zero-order valence-corrected chi connectivity index (χ0v) is 9.28. The van der Waals surface area contributed by atoms with E-state index in [0.29, 0.717) is 5.75 Å². The number of fused-ring (bicyclic) bond motifs is 1. The van der Waals surface area contributed by atoms with Gasteiger partial charge in [0.15, 0.2) is 0 Å². The quantitative estimate of drug-likeness (QED) is 0.774. The molecule has 2 nitrogen and oxygen atoms in total. The van der Waals surface area contributed by atoms with Gasteiger partial charge in [0.1, 0.15) is 5.75 Å². The van der Waals surface area contributed by atoms with Crippen LogP contribution in [-0.4, -0.2) is 16.5 Å². The van der Waals surface area contributed by atoms with Crippen molar-refractivity contribution in [3.05, 3.63) is 23.1 Å². The number of hydrogen-bond donors (Lipinski definition) is 2. The Kier molecular flexibility index (Phi) is 2.67. The molecule has 2 rings (SSSR count). The molecule has 1 aromatic carbocycles. The van der Waals surface area contributed by atoms with Crippen molar-refractivity contribution in [3.8, 4) is 5.75 Å². The fourth-order valence-electron chi connectivity index (χ4n) is 1.47. The molecule has 0 radical (unpaired) electrons. The van der Waals surface area contributed by atoms with Gasteiger partial charge in [0, 0.05) is 10.1 Å². The average molecular weight is 226 g/mol. The number of aromatic hydroxyl groups is 1. The number of thiophene rings is 1. The van der Waals surface area contributed by atoms with Crippen molar-refractivity contribution in [2.75, 3.05) is 6.26 Å². The Bertz CT molecular complexity index is 462. The molecule has 0 aliphatic heterocycles. The standard InChI is InChI=1S/C10H10O2S2/c1-13-10-6(5-11)4-8-7(9(10)12)2-3-14-8/h2-4,11-12H,5H2,1H3. The fraction of sp³-hybridized carbons (Fsp3) is 0.200. The number of phenolic OH excluding ortho intramolecular Hbond substituents is 1. The summed E-state index contributed by atoms with van der Waals surface area (Å²) in [6.45, 7) is -0.0302. The molecular weight excluding hydrogens is 216 g/mol. The number of hydrogen-bond acceptors (Lipinski definition) is 4. The van der Waals surface area contributed by atoms with Crippen LogP contribution in [0.4, 0.5) is 0 Å². The molecule has 0 unspecified atom stereocenters. The number of aliphatic hydroxyl groups excluding tert-OH is 1. The zero-order chi connectivity index (χ0) is 10.1. The lowest BCUT2D eigenvalue weighted by atomic mass is 10.1. The van der Waals surface area contributed by atoms with Crippen molar-refractivity contribution in [3.63, 3.8) is 0 Å². The van der Waals surface area contributed by atoms with Crippen LogP contribution in [0.2, 0.25) is 0 Å². The van der Waals surface area contributed by atoms with Gasteiger partial charge in [0.25, 0.3) is 0 Å². The molecule has 4 heteroatoms. The second-order valence-electron chi connectivity index (χ2n) is 2.91. The van der Waals surface area contributed by atoms with E-state index in [1.165, 1.54) is 11.8 Å². The highest BCUT2D eigenvalue weighted by molar-refractivity contribution is 7.98. The van der Waals surface area contributed by atoms with Crippen molar-refractivity contribution in [2.24, 2.45) is 0 Å². The Morgan fingerprint density at radius 1 is 1.50 bits per heavy atom. The zero-order valence-electron chi connectivity index (χ0n) is 7.65. The maximum Gasteiger partial charge on any atom is 0.138 e. The van der Waals surface area contributed by atoms with Gasteiger partial charge in [0.05, 0.1) is 11.5 Å². The van der Waals surface area contributed by atoms with E-state index in [1.807, 2.05) is 23.8 Å². The van der Waals surface area contributed by atoms with E-state index in [1.54, 1.807) is 11.3 Å². The van der Waals surface area contributed by atoms with Gasteiger partial charge in [0.2, 0.25) is 0 Å². The van der Waals surface area contributed by atoms with Crippen LogP contribution in [-0.2, 0) is 6.61 Å². The van der Waals surface area contributed by atoms with Crippen LogP contribution < -0.4 is 0 Å². The third-order valence-corrected chi connectivity index (χ3v) is 3.86. The molecule has 0 aliphatic rings. The van der Waals surface area contributed by atoms with Crippen molar-refractivity contribution >= 4 is 33.2 Å². The van der Waals surface area contributed by atoms with Crippen LogP contribution in [0.15, 0.2) is 22.4 Å². The highest BCUT2D eigenvalue weighted by atomic mass is 32.2. The summed E-state index contributed by atoms with van der Waals surface area (Å²) >= 11 is 3.03. The van der Waals surface area contributed by atoms with Crippen LogP contribution in [0.25, 0.3) is 10.1 Å². The normalized spacial score (nSPS) is 11.0. The van der Waals surface area contributed by atoms with Gasteiger partial charge in [-0.3, -0.25) is 0 Å². The van der Waals surface area contributed by atoms with E-state index in [2.05, 4.69) is 0 Å². The van der Waals surface area contributed by atoms with Crippen molar-refractivity contribution in [1.29, 1.82) is 0 Å². The number of phenols is 1. The molecule has 0 aliphatic carbocycles. The minimum Gasteiger partial charge on any atom is -0.506 e. The molecule has 0 saturated carbocycles. The molecular formula is C10H10O2S2. The molecule has 2 aromatic rings. The van der Waals surface area contributed by atoms with E-state index >= 15 is 0 Å². The first-order valence-corrected chi connectivity index (χ1v) is 6.25. The van der Waals surface area contributed by atoms with Crippen molar-refractivity contribution in [1.82, 2.24) is 0 Å². The molecule has 0 atom stereocenters. The van der Waals surface area contributed by atoms with Gasteiger partial charge in [-0.1, -0.05) is 0 Å². The smallest absolute Gasteiger partial charge is 0.138 e. The molecule has 2 N–H and O–H groups in total. The minimum absolute atomic E-state index is 0.0302. The Morgan fingerprint density at radius 3 is 2.93 bits per heavy atom. The predicted octanol–water partition coefficient (Wildman–Crippen LogP) is 2.82. The van der Waals surface area contributed by atoms with Crippen molar-refractivity contribution in [2.45, 2.75) is 11.5 Å². The van der Waals surface area contributed by atoms with Crippen LogP contribution in [0.5, 0.6) is 5.75 Å². The highest BCUT2D eigenvalue weighted by Crippen LogP contribution is 2.39. The number of aliphatic hydroxyl groups is 1. The summed E-state index contributed by atoms with van der Waals surface area (Å²) in [6, 6.07) is 3.84. The van der Waals surface area contributed by atoms with Crippen LogP contribution in [0.1, 0.15) is 5.56 Å². The monoisotopic (exact) mass is 226 g/mol. The van der Waals surface area contributed by atoms with Gasteiger partial charge >= 0.3 is 0 Å². The second-order valence-corrected chi connectivity index (χ2v) is 4.67. The summed E-state index contributed by atoms with van der Waals surface area (Å²) in [5.41, 5.74) is 0.796. The third kappa shape index (κ3) is 1.39. The van der Waals surface area contributed by atoms with Crippen LogP contribution in [0.3, 0.4) is 0 Å². The fourth-order valence-corrected chi connectivity index (χ4v) is 3.01. The molecule has 0 spiro atoms. The molecule has 1 heterocycles. The molecule has 0 fully saturated rings. The molecule has 0 saturated heterocycles. The Hall–Kier alpha value is -0.710. The van der Waals surface area contributed by atoms with Crippen LogP contribution >= 0.6 is 23.1 Å². The van der Waals surface area contributed by atoms with E-state index in [4.69, 9.17) is 5.11 Å². The van der Waals surface area contributed by atoms with Crippen LogP contribution in [0, 0.1) is 0 Å². The van der Waals surface area contributed by atoms with E-state index in [-0.39, 0.29) is 6.61 Å². The summed E-state index contributed by atoms with van der Waals surface area (Å²) in [5.74, 6) is 0.292. The van der Waals surface area contributed by atoms with E-state index in [9.17, 15) is 5.11 Å². The summed E-state index contributed by atoms with van der Waals surface area (Å²) in [4.78, 5) is 0.776. The number of thioether (sulfide) groups is 1. The number of benzene rings is 1. The largest absolute Gasteiger partial charge is 0.506 e. The first-order valence-electron chi connectivity index (χ1n) is 4.14. The molecule has 0 bridgehead atoms. The lowest BCUT2D eigenvalue weighted by Gasteiger charge is -2.07. The topological polar surface area (TPSA) is 40.5 Å². The van der Waals surface area contributed by atoms with Gasteiger partial charge in [-0.25, -0.2) is 0 Å². The lowest BCUT2D eigenvalue weighted by molar-refractivity contribution is 0.278. The third-order valence-electron chi connectivity index (χ3n) is 2.14. The van der Waals surface area contributed by atoms with Gasteiger partial charge < -0.3 is 10.2 Å². The SMILES string of the molecule is CSc1c(CO)cc2sccc2c1O. The maximum atomic E-state index is 9.93. The molecule has 0 amide bonds. The van der Waals surface area contributed by atoms with Crippen molar-refractivity contribution < 1.29 is 10.2 Å². The predicted molar refractivity (Wildman–Crippen MR) is 61.2 cm³/mol. The Balaban J connectivity index is 2.79. The average Bonchev–Trinajstić information content (AvgIpc) is 2.65. The summed E-state index contributed by atoms with van der Waals surface area (Å²) < 4.78 is 1.02. The number of rotatable bonds is 2. The summed E-state index contributed by atoms with van der Waals surface area (Å²) in [6.07, 6.45) is 1.90. The lowest BCUT2D eigenvalue weighted by Crippen LogP contribution is -1.87. The minimum atomic E-state index is -0.0302. The van der Waals surface area contributed by atoms with E-state index in [0.717, 1.165) is 20.5 Å². The summed E-state index contributed by atoms with van der Waals surface area (Å²) in [5, 5.41) is 21.9. The Labute approximate surface area is 90.2 Å².